The Morgan fingerprint density at radius 2 is 1.96 bits per heavy atom. The minimum atomic E-state index is -0.151. The summed E-state index contributed by atoms with van der Waals surface area (Å²) in [4.78, 5) is 23.7. The first-order chi connectivity index (χ1) is 13.3. The van der Waals surface area contributed by atoms with Gasteiger partial charge < -0.3 is 10.2 Å². The average molecular weight is 365 g/mol. The zero-order chi connectivity index (χ0) is 18.5. The van der Waals surface area contributed by atoms with E-state index in [2.05, 4.69) is 25.5 Å². The monoisotopic (exact) mass is 365 g/mol. The minimum Gasteiger partial charge on any atom is -0.352 e. The van der Waals surface area contributed by atoms with E-state index in [0.717, 1.165) is 43.2 Å². The highest BCUT2D eigenvalue weighted by Gasteiger charge is 2.32. The van der Waals surface area contributed by atoms with Gasteiger partial charge in [0.2, 0.25) is 5.91 Å². The van der Waals surface area contributed by atoms with Gasteiger partial charge in [0.05, 0.1) is 18.3 Å². The maximum absolute atomic E-state index is 12.5. The molecule has 1 amide bonds. The summed E-state index contributed by atoms with van der Waals surface area (Å²) in [5.74, 6) is 0.0460. The molecule has 2 aromatic rings. The van der Waals surface area contributed by atoms with Crippen LogP contribution in [0.1, 0.15) is 43.0 Å². The minimum absolute atomic E-state index is 0.0460. The summed E-state index contributed by atoms with van der Waals surface area (Å²) in [5, 5.41) is 6.55. The van der Waals surface area contributed by atoms with Crippen LogP contribution in [-0.2, 0) is 4.79 Å². The third-order valence-electron chi connectivity index (χ3n) is 5.43. The summed E-state index contributed by atoms with van der Waals surface area (Å²) < 4.78 is 0. The number of nitrogens with one attached hydrogen (secondary N) is 2. The number of carbonyl (C=O) groups is 1. The lowest BCUT2D eigenvalue weighted by Crippen LogP contribution is -2.47. The maximum atomic E-state index is 12.5. The number of amides is 1. The molecule has 0 bridgehead atoms. The van der Waals surface area contributed by atoms with Gasteiger partial charge in [0.15, 0.2) is 0 Å². The summed E-state index contributed by atoms with van der Waals surface area (Å²) in [7, 11) is 0. The molecule has 27 heavy (non-hydrogen) atoms. The Morgan fingerprint density at radius 1 is 1.11 bits per heavy atom. The van der Waals surface area contributed by atoms with Crippen LogP contribution in [0.15, 0.2) is 48.9 Å². The summed E-state index contributed by atoms with van der Waals surface area (Å²) in [6.07, 6.45) is 10.1. The van der Waals surface area contributed by atoms with E-state index in [9.17, 15) is 4.79 Å². The van der Waals surface area contributed by atoms with Crippen LogP contribution in [0.3, 0.4) is 0 Å². The molecule has 4 rings (SSSR count). The van der Waals surface area contributed by atoms with E-state index < -0.39 is 0 Å². The van der Waals surface area contributed by atoms with Gasteiger partial charge in [-0.15, -0.1) is 0 Å². The number of aromatic nitrogens is 2. The summed E-state index contributed by atoms with van der Waals surface area (Å²) in [6.45, 7) is 2.48. The van der Waals surface area contributed by atoms with Crippen LogP contribution in [-0.4, -0.2) is 52.5 Å². The van der Waals surface area contributed by atoms with Crippen molar-refractivity contribution in [1.82, 2.24) is 25.5 Å². The first-order valence-corrected chi connectivity index (χ1v) is 9.87. The molecule has 0 aromatic carbocycles. The van der Waals surface area contributed by atoms with Crippen LogP contribution in [0.2, 0.25) is 0 Å². The van der Waals surface area contributed by atoms with E-state index in [4.69, 9.17) is 0 Å². The van der Waals surface area contributed by atoms with Gasteiger partial charge in [0.1, 0.15) is 0 Å². The van der Waals surface area contributed by atoms with Crippen molar-refractivity contribution in [3.05, 3.63) is 60.2 Å². The fourth-order valence-electron chi connectivity index (χ4n) is 3.81. The number of hydrogen-bond donors (Lipinski definition) is 2. The smallest absolute Gasteiger partial charge is 0.234 e. The van der Waals surface area contributed by atoms with E-state index >= 15 is 0 Å². The number of hydrogen-bond acceptors (Lipinski definition) is 5. The van der Waals surface area contributed by atoms with Crippen LogP contribution < -0.4 is 10.6 Å². The molecule has 2 fully saturated rings. The van der Waals surface area contributed by atoms with Crippen molar-refractivity contribution in [3.8, 4) is 0 Å². The average Bonchev–Trinajstić information content (AvgIpc) is 3.56. The van der Waals surface area contributed by atoms with Crippen molar-refractivity contribution in [2.24, 2.45) is 0 Å². The van der Waals surface area contributed by atoms with Gasteiger partial charge >= 0.3 is 0 Å². The van der Waals surface area contributed by atoms with E-state index in [-0.39, 0.29) is 18.5 Å². The number of pyridine rings is 2. The predicted octanol–water partition coefficient (Wildman–Crippen LogP) is 1.90. The topological polar surface area (TPSA) is 70.1 Å². The number of nitrogens with zero attached hydrogens (tertiary/aromatic N) is 3. The highest BCUT2D eigenvalue weighted by atomic mass is 16.2. The van der Waals surface area contributed by atoms with Crippen molar-refractivity contribution in [1.29, 1.82) is 0 Å². The molecule has 2 aliphatic rings. The molecule has 2 N–H and O–H groups in total. The Hall–Kier alpha value is -2.31. The molecule has 6 nitrogen and oxygen atoms in total. The Balaban J connectivity index is 1.31. The van der Waals surface area contributed by atoms with E-state index in [1.807, 2.05) is 36.5 Å². The fourth-order valence-corrected chi connectivity index (χ4v) is 3.81. The lowest BCUT2D eigenvalue weighted by atomic mass is 10.0. The molecule has 1 aliphatic heterocycles. The Kier molecular flexibility index (Phi) is 5.75. The molecule has 3 heterocycles. The van der Waals surface area contributed by atoms with Gasteiger partial charge in [-0.05, 0) is 49.4 Å². The molecular formula is C21H27N5O. The fraction of sp³-hybridized carbons (Fsp3) is 0.476. The van der Waals surface area contributed by atoms with Crippen LogP contribution in [0.5, 0.6) is 0 Å². The van der Waals surface area contributed by atoms with E-state index in [0.29, 0.717) is 6.04 Å². The number of piperidine rings is 1. The van der Waals surface area contributed by atoms with Crippen LogP contribution >= 0.6 is 0 Å². The highest BCUT2D eigenvalue weighted by molar-refractivity contribution is 5.78. The lowest BCUT2D eigenvalue weighted by Gasteiger charge is -2.32. The van der Waals surface area contributed by atoms with Crippen molar-refractivity contribution in [2.45, 2.75) is 43.8 Å². The van der Waals surface area contributed by atoms with Gasteiger partial charge in [-0.25, -0.2) is 0 Å². The first-order valence-electron chi connectivity index (χ1n) is 9.87. The molecule has 1 aliphatic carbocycles. The standard InChI is InChI=1S/C21H27N5O/c27-20(25-17-8-12-26(13-9-17)18-6-7-18)15-24-21(16-4-3-10-22-14-16)19-5-1-2-11-23-19/h1-5,10-11,14,17-18,21,24H,6-9,12-13,15H2,(H,25,27). The molecular weight excluding hydrogens is 338 g/mol. The van der Waals surface area contributed by atoms with E-state index in [1.54, 1.807) is 12.4 Å². The molecule has 1 unspecified atom stereocenters. The molecule has 1 saturated heterocycles. The van der Waals surface area contributed by atoms with Gasteiger partial charge in [-0.2, -0.15) is 0 Å². The highest BCUT2D eigenvalue weighted by Crippen LogP contribution is 2.29. The second-order valence-electron chi connectivity index (χ2n) is 7.46. The van der Waals surface area contributed by atoms with Crippen molar-refractivity contribution in [2.75, 3.05) is 19.6 Å². The summed E-state index contributed by atoms with van der Waals surface area (Å²) in [6, 6.07) is 10.7. The Bertz CT molecular complexity index is 687. The molecule has 2 aromatic heterocycles. The largest absolute Gasteiger partial charge is 0.352 e. The zero-order valence-corrected chi connectivity index (χ0v) is 15.6. The maximum Gasteiger partial charge on any atom is 0.234 e. The Labute approximate surface area is 160 Å². The second-order valence-corrected chi connectivity index (χ2v) is 7.46. The number of likely N-dealkylation sites (tertiary alicyclic amines) is 1. The zero-order valence-electron chi connectivity index (χ0n) is 15.6. The molecule has 142 valence electrons. The summed E-state index contributed by atoms with van der Waals surface area (Å²) >= 11 is 0. The lowest BCUT2D eigenvalue weighted by molar-refractivity contribution is -0.121. The molecule has 0 radical (unpaired) electrons. The molecule has 1 saturated carbocycles. The van der Waals surface area contributed by atoms with Crippen molar-refractivity contribution in [3.63, 3.8) is 0 Å². The molecule has 1 atom stereocenters. The van der Waals surface area contributed by atoms with Crippen LogP contribution in [0.25, 0.3) is 0 Å². The molecule has 6 heteroatoms. The Morgan fingerprint density at radius 3 is 2.63 bits per heavy atom. The van der Waals surface area contributed by atoms with Gasteiger partial charge in [0, 0.05) is 43.8 Å². The van der Waals surface area contributed by atoms with Crippen molar-refractivity contribution >= 4 is 5.91 Å². The summed E-state index contributed by atoms with van der Waals surface area (Å²) in [5.41, 5.74) is 1.89. The number of carbonyl (C=O) groups excluding carboxylic acids is 1. The second kappa shape index (κ2) is 8.59. The third-order valence-corrected chi connectivity index (χ3v) is 5.43. The van der Waals surface area contributed by atoms with Gasteiger partial charge in [0.25, 0.3) is 0 Å². The number of rotatable bonds is 7. The predicted molar refractivity (Wildman–Crippen MR) is 104 cm³/mol. The third kappa shape index (κ3) is 4.90. The first kappa shape index (κ1) is 18.1. The van der Waals surface area contributed by atoms with Crippen LogP contribution in [0, 0.1) is 0 Å². The van der Waals surface area contributed by atoms with Crippen molar-refractivity contribution < 1.29 is 4.79 Å². The molecule has 0 spiro atoms. The SMILES string of the molecule is O=C(CNC(c1cccnc1)c1ccccn1)NC1CCN(C2CC2)CC1. The van der Waals surface area contributed by atoms with Gasteiger partial charge in [-0.3, -0.25) is 20.1 Å². The normalized spacial score (nSPS) is 19.6. The quantitative estimate of drug-likeness (QED) is 0.784. The van der Waals surface area contributed by atoms with Crippen LogP contribution in [0.4, 0.5) is 0 Å². The van der Waals surface area contributed by atoms with Gasteiger partial charge in [-0.1, -0.05) is 12.1 Å². The van der Waals surface area contributed by atoms with E-state index in [1.165, 1.54) is 12.8 Å².